The Hall–Kier alpha value is -3.19. The van der Waals surface area contributed by atoms with Crippen LogP contribution < -0.4 is 20.1 Å². The second-order valence-electron chi connectivity index (χ2n) is 12.7. The minimum atomic E-state index is -4.05. The number of amides is 2. The molecule has 0 aromatic heterocycles. The molecule has 0 aliphatic carbocycles. The third-order valence-corrected chi connectivity index (χ3v) is 8.75. The van der Waals surface area contributed by atoms with Gasteiger partial charge in [-0.05, 0) is 49.5 Å². The number of nitrogens with one attached hydrogen (secondary N) is 2. The summed E-state index contributed by atoms with van der Waals surface area (Å²) in [4.78, 5) is 28.0. The van der Waals surface area contributed by atoms with Crippen LogP contribution in [0.25, 0.3) is 0 Å². The number of nitrogens with zero attached hydrogens (tertiary/aromatic N) is 2. The average molecular weight is 619 g/mol. The zero-order valence-corrected chi connectivity index (χ0v) is 27.0. The zero-order chi connectivity index (χ0) is 31.9. The van der Waals surface area contributed by atoms with Crippen molar-refractivity contribution >= 4 is 21.8 Å². The Bertz CT molecular complexity index is 1340. The Labute approximate surface area is 255 Å². The molecule has 3 N–H and O–H groups in total. The van der Waals surface area contributed by atoms with Gasteiger partial charge in [-0.1, -0.05) is 65.0 Å². The van der Waals surface area contributed by atoms with Crippen molar-refractivity contribution in [2.45, 2.75) is 64.1 Å². The third kappa shape index (κ3) is 9.65. The van der Waals surface area contributed by atoms with E-state index in [2.05, 4.69) is 10.6 Å². The molecule has 1 aliphatic rings. The summed E-state index contributed by atoms with van der Waals surface area (Å²) in [5, 5.41) is 17.4. The average Bonchev–Trinajstić information content (AvgIpc) is 3.38. The lowest BCUT2D eigenvalue weighted by Crippen LogP contribution is -2.59. The number of ether oxygens (including phenoxy) is 2. The monoisotopic (exact) mass is 618 g/mol. The van der Waals surface area contributed by atoms with E-state index in [0.717, 1.165) is 5.56 Å². The molecule has 1 heterocycles. The van der Waals surface area contributed by atoms with Crippen molar-refractivity contribution in [1.29, 1.82) is 0 Å². The molecule has 0 bridgehead atoms. The largest absolute Gasteiger partial charge is 0.454 e. The second-order valence-corrected chi connectivity index (χ2v) is 14.6. The first-order chi connectivity index (χ1) is 20.1. The number of hydrogen-bond acceptors (Lipinski definition) is 8. The number of likely N-dealkylation sites (N-methyl/N-ethyl adjacent to an activating group) is 1. The molecule has 0 unspecified atom stereocenters. The van der Waals surface area contributed by atoms with Crippen molar-refractivity contribution in [3.63, 3.8) is 0 Å². The summed E-state index contributed by atoms with van der Waals surface area (Å²) in [7, 11) is -0.526. The number of benzene rings is 2. The van der Waals surface area contributed by atoms with Crippen LogP contribution in [0.15, 0.2) is 53.4 Å². The van der Waals surface area contributed by atoms with Gasteiger partial charge in [-0.3, -0.25) is 9.59 Å². The molecule has 2 amide bonds. The Balaban J connectivity index is 1.90. The minimum absolute atomic E-state index is 0.0132. The summed E-state index contributed by atoms with van der Waals surface area (Å²) in [6, 6.07) is 12.0. The van der Waals surface area contributed by atoms with Crippen LogP contribution in [0.3, 0.4) is 0 Å². The predicted octanol–water partition coefficient (Wildman–Crippen LogP) is 2.24. The molecule has 0 radical (unpaired) electrons. The maximum atomic E-state index is 13.8. The fourth-order valence-electron chi connectivity index (χ4n) is 4.79. The number of hydrogen-bond donors (Lipinski definition) is 3. The van der Waals surface area contributed by atoms with Crippen molar-refractivity contribution in [2.75, 3.05) is 40.5 Å². The molecule has 0 fully saturated rings. The van der Waals surface area contributed by atoms with Crippen molar-refractivity contribution in [3.05, 3.63) is 54.1 Å². The lowest BCUT2D eigenvalue weighted by molar-refractivity contribution is -0.132. The van der Waals surface area contributed by atoms with Gasteiger partial charge in [0.05, 0.1) is 23.6 Å². The Morgan fingerprint density at radius 3 is 2.23 bits per heavy atom. The lowest BCUT2D eigenvalue weighted by Gasteiger charge is -2.34. The highest BCUT2D eigenvalue weighted by molar-refractivity contribution is 7.89. The first kappa shape index (κ1) is 34.3. The molecule has 238 valence electrons. The van der Waals surface area contributed by atoms with Crippen LogP contribution in [0.1, 0.15) is 40.2 Å². The molecule has 2 aromatic carbocycles. The van der Waals surface area contributed by atoms with E-state index < -0.39 is 39.5 Å². The maximum absolute atomic E-state index is 13.8. The Morgan fingerprint density at radius 2 is 1.63 bits per heavy atom. The van der Waals surface area contributed by atoms with Crippen LogP contribution in [0.5, 0.6) is 11.5 Å². The fraction of sp³-hybridized carbons (Fsp3) is 0.548. The molecule has 0 saturated heterocycles. The van der Waals surface area contributed by atoms with Crippen LogP contribution in [-0.2, 0) is 26.0 Å². The molecule has 43 heavy (non-hydrogen) atoms. The molecule has 0 spiro atoms. The third-order valence-electron chi connectivity index (χ3n) is 6.93. The number of sulfonamides is 1. The second kappa shape index (κ2) is 14.5. The van der Waals surface area contributed by atoms with Gasteiger partial charge in [-0.25, -0.2) is 8.42 Å². The van der Waals surface area contributed by atoms with E-state index >= 15 is 0 Å². The topological polar surface area (TPSA) is 138 Å². The highest BCUT2D eigenvalue weighted by Crippen LogP contribution is 2.35. The highest BCUT2D eigenvalue weighted by Gasteiger charge is 2.37. The number of aliphatic hydroxyl groups excluding tert-OH is 1. The fourth-order valence-corrected chi connectivity index (χ4v) is 6.42. The quantitative estimate of drug-likeness (QED) is 0.293. The first-order valence-electron chi connectivity index (χ1n) is 14.4. The van der Waals surface area contributed by atoms with Gasteiger partial charge < -0.3 is 30.1 Å². The maximum Gasteiger partial charge on any atom is 0.243 e. The summed E-state index contributed by atoms with van der Waals surface area (Å²) < 4.78 is 39.6. The molecule has 1 aliphatic heterocycles. The predicted molar refractivity (Wildman–Crippen MR) is 164 cm³/mol. The van der Waals surface area contributed by atoms with E-state index in [1.54, 1.807) is 25.1 Å². The molecular formula is C31H46N4O7S. The number of rotatable bonds is 14. The number of fused-ring (bicyclic) bond motifs is 1. The summed E-state index contributed by atoms with van der Waals surface area (Å²) >= 11 is 0. The van der Waals surface area contributed by atoms with Gasteiger partial charge in [-0.15, -0.1) is 0 Å². The summed E-state index contributed by atoms with van der Waals surface area (Å²) in [6.07, 6.45) is -1.03. The van der Waals surface area contributed by atoms with Crippen molar-refractivity contribution < 1.29 is 32.6 Å². The molecule has 12 heteroatoms. The van der Waals surface area contributed by atoms with Gasteiger partial charge in [0.25, 0.3) is 0 Å². The van der Waals surface area contributed by atoms with E-state index in [9.17, 15) is 23.1 Å². The van der Waals surface area contributed by atoms with Gasteiger partial charge >= 0.3 is 0 Å². The normalized spacial score (nSPS) is 15.4. The van der Waals surface area contributed by atoms with Crippen molar-refractivity contribution in [3.8, 4) is 11.5 Å². The Kier molecular flexibility index (Phi) is 11.6. The van der Waals surface area contributed by atoms with Crippen LogP contribution >= 0.6 is 0 Å². The van der Waals surface area contributed by atoms with Gasteiger partial charge in [0.1, 0.15) is 6.04 Å². The van der Waals surface area contributed by atoms with Crippen LogP contribution in [0.4, 0.5) is 0 Å². The van der Waals surface area contributed by atoms with Gasteiger partial charge in [0, 0.05) is 19.2 Å². The summed E-state index contributed by atoms with van der Waals surface area (Å²) in [5.41, 5.74) is 0.213. The zero-order valence-electron chi connectivity index (χ0n) is 26.2. The van der Waals surface area contributed by atoms with E-state index in [0.29, 0.717) is 11.5 Å². The van der Waals surface area contributed by atoms with E-state index in [4.69, 9.17) is 9.47 Å². The summed E-state index contributed by atoms with van der Waals surface area (Å²) in [6.45, 7) is 9.32. The smallest absolute Gasteiger partial charge is 0.243 e. The van der Waals surface area contributed by atoms with E-state index in [1.807, 2.05) is 65.0 Å². The van der Waals surface area contributed by atoms with Crippen LogP contribution in [0.2, 0.25) is 0 Å². The minimum Gasteiger partial charge on any atom is -0.454 e. The van der Waals surface area contributed by atoms with Gasteiger partial charge in [0.2, 0.25) is 28.6 Å². The molecule has 3 rings (SSSR count). The van der Waals surface area contributed by atoms with Gasteiger partial charge in [0.15, 0.2) is 11.5 Å². The standard InChI is InChI=1S/C31H46N4O7S/c1-21(2)17-35(43(39,40)23-13-14-26-27(16-23)42-20-41-26)18-25(36)24(15-22-11-9-8-10-12-22)32-30(38)29(31(3,4)5)33-28(37)19-34(6)7/h8-14,16,21,24-25,29,36H,15,17-20H2,1-7H3,(H,32,38)(H,33,37)/t24-,25+,29+/m0/s1. The van der Waals surface area contributed by atoms with Crippen molar-refractivity contribution in [1.82, 2.24) is 19.8 Å². The van der Waals surface area contributed by atoms with E-state index in [-0.39, 0.29) is 49.6 Å². The lowest BCUT2D eigenvalue weighted by atomic mass is 9.85. The SMILES string of the molecule is CC(C)CN(C[C@@H](O)[C@H](Cc1ccccc1)NC(=O)[C@@H](NC(=O)CN(C)C)C(C)(C)C)S(=O)(=O)c1ccc2c(c1)OCO2. The number of carbonyl (C=O) groups excluding carboxylic acids is 2. The molecule has 2 aromatic rings. The van der Waals surface area contributed by atoms with Crippen LogP contribution in [0, 0.1) is 11.3 Å². The van der Waals surface area contributed by atoms with Crippen LogP contribution in [-0.4, -0.2) is 93.3 Å². The van der Waals surface area contributed by atoms with E-state index in [1.165, 1.54) is 16.4 Å². The molecule has 0 saturated carbocycles. The molecule has 3 atom stereocenters. The number of carbonyl (C=O) groups is 2. The number of aliphatic hydroxyl groups is 1. The first-order valence-corrected chi connectivity index (χ1v) is 15.9. The highest BCUT2D eigenvalue weighted by atomic mass is 32.2. The van der Waals surface area contributed by atoms with Gasteiger partial charge in [-0.2, -0.15) is 4.31 Å². The molecular weight excluding hydrogens is 572 g/mol. The molecule has 11 nitrogen and oxygen atoms in total. The Morgan fingerprint density at radius 1 is 0.977 bits per heavy atom. The van der Waals surface area contributed by atoms with Crippen molar-refractivity contribution in [2.24, 2.45) is 11.3 Å². The summed E-state index contributed by atoms with van der Waals surface area (Å²) in [5.74, 6) is -0.0157.